The molecule has 10 nitrogen and oxygen atoms in total. The summed E-state index contributed by atoms with van der Waals surface area (Å²) in [6.07, 6.45) is 4.68. The number of nitrogens with one attached hydrogen (secondary N) is 2. The summed E-state index contributed by atoms with van der Waals surface area (Å²) in [4.78, 5) is 53.9. The number of hydrogen-bond donors (Lipinski definition) is 3. The number of fused-ring (bicyclic) bond motifs is 2. The predicted molar refractivity (Wildman–Crippen MR) is 128 cm³/mol. The van der Waals surface area contributed by atoms with Gasteiger partial charge in [0, 0.05) is 13.0 Å². The third-order valence-corrected chi connectivity index (χ3v) is 7.79. The van der Waals surface area contributed by atoms with E-state index in [0.717, 1.165) is 5.56 Å². The van der Waals surface area contributed by atoms with Crippen LogP contribution in [0.15, 0.2) is 47.7 Å². The van der Waals surface area contributed by atoms with Gasteiger partial charge in [0.15, 0.2) is 11.4 Å². The maximum absolute atomic E-state index is 13.4. The van der Waals surface area contributed by atoms with Crippen LogP contribution in [0, 0.1) is 11.7 Å². The van der Waals surface area contributed by atoms with Crippen LogP contribution in [0.2, 0.25) is 0 Å². The molecule has 37 heavy (non-hydrogen) atoms. The van der Waals surface area contributed by atoms with Crippen molar-refractivity contribution in [3.05, 3.63) is 59.1 Å². The SMILES string of the molecule is CNC(=O)NC1=CC=C2C(CC[C@]23CN(CC(=O)N2C(c4ccc(F)cc4)CC[C@H]2CO)C(=O)O3)C1=O. The molecule has 2 unspecified atom stereocenters. The Morgan fingerprint density at radius 2 is 1.92 bits per heavy atom. The fourth-order valence-electron chi connectivity index (χ4n) is 6.00. The second kappa shape index (κ2) is 9.62. The highest BCUT2D eigenvalue weighted by Crippen LogP contribution is 2.48. The van der Waals surface area contributed by atoms with Crippen LogP contribution in [0.5, 0.6) is 0 Å². The number of nitrogens with zero attached hydrogens (tertiary/aromatic N) is 2. The van der Waals surface area contributed by atoms with Gasteiger partial charge in [-0.25, -0.2) is 14.0 Å². The molecular formula is C26H29FN4O6. The number of aliphatic hydroxyl groups excluding tert-OH is 1. The number of Topliss-reactive ketones (excluding diaryl/α,β-unsaturated/α-hetero) is 1. The predicted octanol–water partition coefficient (Wildman–Crippen LogP) is 1.77. The fraction of sp³-hybridized carbons (Fsp3) is 0.462. The van der Waals surface area contributed by atoms with Crippen LogP contribution < -0.4 is 10.6 Å². The molecule has 2 aliphatic heterocycles. The smallest absolute Gasteiger partial charge is 0.411 e. The van der Waals surface area contributed by atoms with Crippen LogP contribution in [0.3, 0.4) is 0 Å². The molecule has 0 aromatic heterocycles. The quantitative estimate of drug-likeness (QED) is 0.552. The normalized spacial score (nSPS) is 28.7. The molecule has 2 saturated heterocycles. The minimum absolute atomic E-state index is 0.123. The third-order valence-electron chi connectivity index (χ3n) is 7.79. The van der Waals surface area contributed by atoms with E-state index in [1.807, 2.05) is 0 Å². The number of hydrogen-bond acceptors (Lipinski definition) is 6. The van der Waals surface area contributed by atoms with E-state index in [2.05, 4.69) is 10.6 Å². The average molecular weight is 513 g/mol. The molecule has 1 aromatic rings. The summed E-state index contributed by atoms with van der Waals surface area (Å²) < 4.78 is 19.2. The molecule has 11 heteroatoms. The summed E-state index contributed by atoms with van der Waals surface area (Å²) in [5.74, 6) is -1.46. The topological polar surface area (TPSA) is 128 Å². The monoisotopic (exact) mass is 512 g/mol. The van der Waals surface area contributed by atoms with Gasteiger partial charge in [-0.1, -0.05) is 18.2 Å². The number of ketones is 1. The van der Waals surface area contributed by atoms with Crippen molar-refractivity contribution in [2.24, 2.45) is 5.92 Å². The first-order chi connectivity index (χ1) is 17.8. The Morgan fingerprint density at radius 3 is 2.62 bits per heavy atom. The van der Waals surface area contributed by atoms with Crippen molar-refractivity contribution in [3.63, 3.8) is 0 Å². The van der Waals surface area contributed by atoms with Crippen LogP contribution in [-0.4, -0.2) is 77.1 Å². The van der Waals surface area contributed by atoms with E-state index in [4.69, 9.17) is 4.74 Å². The first-order valence-electron chi connectivity index (χ1n) is 12.4. The number of benzene rings is 1. The number of allylic oxidation sites excluding steroid dienone is 3. The van der Waals surface area contributed by atoms with Gasteiger partial charge in [0.1, 0.15) is 12.4 Å². The molecule has 4 aliphatic rings. The zero-order chi connectivity index (χ0) is 26.3. The van der Waals surface area contributed by atoms with Crippen molar-refractivity contribution >= 4 is 23.8 Å². The number of amides is 4. The maximum Gasteiger partial charge on any atom is 0.411 e. The molecule has 3 N–H and O–H groups in total. The van der Waals surface area contributed by atoms with E-state index in [9.17, 15) is 28.7 Å². The lowest BCUT2D eigenvalue weighted by molar-refractivity contribution is -0.135. The Hall–Kier alpha value is -3.73. The maximum atomic E-state index is 13.4. The van der Waals surface area contributed by atoms with Gasteiger partial charge >= 0.3 is 12.1 Å². The summed E-state index contributed by atoms with van der Waals surface area (Å²) >= 11 is 0. The van der Waals surface area contributed by atoms with E-state index < -0.39 is 29.7 Å². The van der Waals surface area contributed by atoms with Gasteiger partial charge in [0.2, 0.25) is 5.91 Å². The Kier molecular flexibility index (Phi) is 6.49. The molecule has 196 valence electrons. The molecule has 1 spiro atoms. The molecule has 3 fully saturated rings. The molecule has 4 atom stereocenters. The van der Waals surface area contributed by atoms with Crippen molar-refractivity contribution in [1.29, 1.82) is 0 Å². The molecule has 5 rings (SSSR count). The van der Waals surface area contributed by atoms with Gasteiger partial charge in [0.25, 0.3) is 0 Å². The molecule has 0 radical (unpaired) electrons. The Morgan fingerprint density at radius 1 is 1.16 bits per heavy atom. The van der Waals surface area contributed by atoms with Gasteiger partial charge in [-0.05, 0) is 55.0 Å². The molecule has 1 aromatic carbocycles. The summed E-state index contributed by atoms with van der Waals surface area (Å²) in [7, 11) is 1.45. The van der Waals surface area contributed by atoms with E-state index in [0.29, 0.717) is 31.3 Å². The van der Waals surface area contributed by atoms with Crippen molar-refractivity contribution < 1.29 is 33.4 Å². The zero-order valence-corrected chi connectivity index (χ0v) is 20.4. The second-order valence-corrected chi connectivity index (χ2v) is 9.86. The number of carbonyl (C=O) groups excluding carboxylic acids is 4. The van der Waals surface area contributed by atoms with E-state index in [1.54, 1.807) is 23.1 Å². The Labute approximate surface area is 213 Å². The number of ether oxygens (including phenoxy) is 1. The second-order valence-electron chi connectivity index (χ2n) is 9.86. The third kappa shape index (κ3) is 4.37. The summed E-state index contributed by atoms with van der Waals surface area (Å²) in [5, 5.41) is 14.8. The van der Waals surface area contributed by atoms with Crippen molar-refractivity contribution in [2.75, 3.05) is 26.7 Å². The lowest BCUT2D eigenvalue weighted by Gasteiger charge is -2.31. The summed E-state index contributed by atoms with van der Waals surface area (Å²) in [6, 6.07) is 4.71. The minimum atomic E-state index is -1.01. The van der Waals surface area contributed by atoms with Crippen LogP contribution >= 0.6 is 0 Å². The summed E-state index contributed by atoms with van der Waals surface area (Å²) in [5.41, 5.74) is 0.604. The van der Waals surface area contributed by atoms with E-state index >= 15 is 0 Å². The number of urea groups is 1. The lowest BCUT2D eigenvalue weighted by atomic mass is 9.85. The van der Waals surface area contributed by atoms with Gasteiger partial charge < -0.3 is 25.4 Å². The minimum Gasteiger partial charge on any atom is -0.436 e. The lowest BCUT2D eigenvalue weighted by Crippen LogP contribution is -2.46. The number of halogens is 1. The van der Waals surface area contributed by atoms with Crippen LogP contribution in [0.1, 0.15) is 37.3 Å². The molecule has 1 saturated carbocycles. The molecule has 4 amide bonds. The van der Waals surface area contributed by atoms with Gasteiger partial charge in [-0.2, -0.15) is 0 Å². The zero-order valence-electron chi connectivity index (χ0n) is 20.4. The molecule has 0 bridgehead atoms. The molecule has 2 heterocycles. The number of likely N-dealkylation sites (tertiary alicyclic amines) is 1. The first kappa shape index (κ1) is 24.9. The number of carbonyl (C=O) groups is 4. The molecular weight excluding hydrogens is 483 g/mol. The number of rotatable bonds is 5. The van der Waals surface area contributed by atoms with Gasteiger partial charge in [0.05, 0.1) is 30.9 Å². The highest BCUT2D eigenvalue weighted by Gasteiger charge is 2.56. The van der Waals surface area contributed by atoms with E-state index in [1.165, 1.54) is 30.2 Å². The van der Waals surface area contributed by atoms with Crippen molar-refractivity contribution in [2.45, 2.75) is 43.4 Å². The van der Waals surface area contributed by atoms with Crippen molar-refractivity contribution in [3.8, 4) is 0 Å². The van der Waals surface area contributed by atoms with Crippen LogP contribution in [0.4, 0.5) is 14.0 Å². The first-order valence-corrected chi connectivity index (χ1v) is 12.4. The molecule has 2 aliphatic carbocycles. The van der Waals surface area contributed by atoms with E-state index in [-0.39, 0.29) is 48.9 Å². The fourth-order valence-corrected chi connectivity index (χ4v) is 6.00. The van der Waals surface area contributed by atoms with Crippen LogP contribution in [-0.2, 0) is 14.3 Å². The Bertz CT molecular complexity index is 1200. The van der Waals surface area contributed by atoms with Gasteiger partial charge in [-0.3, -0.25) is 14.5 Å². The average Bonchev–Trinajstić information content (AvgIpc) is 3.56. The standard InChI is InChI=1S/C26H29FN4O6/c1-28-24(35)29-20-8-7-19-18(23(20)34)10-11-26(19)14-30(25(36)37-26)12-22(33)31-17(13-32)6-9-21(31)15-2-4-16(27)5-3-15/h2-5,7-8,17-18,21,32H,6,9-14H2,1H3,(H2,28,29,35)/t17-,18?,21?,26-/m0/s1. The highest BCUT2D eigenvalue weighted by atomic mass is 19.1. The van der Waals surface area contributed by atoms with Crippen LogP contribution in [0.25, 0.3) is 0 Å². The van der Waals surface area contributed by atoms with Gasteiger partial charge in [-0.15, -0.1) is 0 Å². The highest BCUT2D eigenvalue weighted by molar-refractivity contribution is 6.03. The largest absolute Gasteiger partial charge is 0.436 e. The Balaban J connectivity index is 1.32. The summed E-state index contributed by atoms with van der Waals surface area (Å²) in [6.45, 7) is -0.328. The number of aliphatic hydroxyl groups is 1. The van der Waals surface area contributed by atoms with Crippen molar-refractivity contribution in [1.82, 2.24) is 20.4 Å².